The lowest BCUT2D eigenvalue weighted by molar-refractivity contribution is 0.0207. The van der Waals surface area contributed by atoms with Crippen molar-refractivity contribution in [2.24, 2.45) is 0 Å². The zero-order valence-corrected chi connectivity index (χ0v) is 21.8. The maximum absolute atomic E-state index is 15.1. The monoisotopic (exact) mass is 512 g/mol. The van der Waals surface area contributed by atoms with Gasteiger partial charge in [0.2, 0.25) is 0 Å². The molecule has 0 spiro atoms. The maximum atomic E-state index is 15.1. The van der Waals surface area contributed by atoms with Crippen LogP contribution in [0.3, 0.4) is 0 Å². The van der Waals surface area contributed by atoms with Crippen LogP contribution in [0.1, 0.15) is 66.6 Å². The van der Waals surface area contributed by atoms with Crippen molar-refractivity contribution < 1.29 is 18.7 Å². The highest BCUT2D eigenvalue weighted by molar-refractivity contribution is 7.55. The zero-order chi connectivity index (χ0) is 25.6. The van der Waals surface area contributed by atoms with Gasteiger partial charge in [-0.2, -0.15) is 0 Å². The second kappa shape index (κ2) is 11.6. The van der Waals surface area contributed by atoms with Crippen LogP contribution in [0.2, 0.25) is 0 Å². The van der Waals surface area contributed by atoms with E-state index in [4.69, 9.17) is 9.05 Å². The van der Waals surface area contributed by atoms with Crippen LogP contribution in [0.15, 0.2) is 121 Å². The number of hydrogen-bond acceptors (Lipinski definition) is 4. The highest BCUT2D eigenvalue weighted by Crippen LogP contribution is 2.68. The van der Waals surface area contributed by atoms with Gasteiger partial charge in [0.1, 0.15) is 12.2 Å². The van der Waals surface area contributed by atoms with Crippen LogP contribution < -0.4 is 0 Å². The number of benzene rings is 4. The van der Waals surface area contributed by atoms with E-state index in [0.29, 0.717) is 12.8 Å². The molecule has 0 unspecified atom stereocenters. The SMILES string of the molecule is O=P(OC(c1ccccc1)c1ccccc1)(OC(c1ccccc1)c1ccccc1)C1(O)CCCCC1. The molecule has 0 atom stereocenters. The highest BCUT2D eigenvalue weighted by Gasteiger charge is 2.53. The fraction of sp³-hybridized carbons (Fsp3) is 0.250. The average molecular weight is 513 g/mol. The topological polar surface area (TPSA) is 55.8 Å². The van der Waals surface area contributed by atoms with Gasteiger partial charge in [-0.25, -0.2) is 0 Å². The number of hydrogen-bond donors (Lipinski definition) is 1. The molecule has 37 heavy (non-hydrogen) atoms. The van der Waals surface area contributed by atoms with Crippen molar-refractivity contribution in [3.8, 4) is 0 Å². The van der Waals surface area contributed by atoms with Gasteiger partial charge in [0.15, 0.2) is 5.34 Å². The largest absolute Gasteiger partial charge is 0.377 e. The molecule has 0 amide bonds. The van der Waals surface area contributed by atoms with Crippen molar-refractivity contribution in [3.05, 3.63) is 144 Å². The Morgan fingerprint density at radius 1 is 0.541 bits per heavy atom. The van der Waals surface area contributed by atoms with Crippen molar-refractivity contribution in [2.45, 2.75) is 49.7 Å². The molecular formula is C32H33O4P. The van der Waals surface area contributed by atoms with Gasteiger partial charge in [-0.1, -0.05) is 128 Å². The standard InChI is InChI=1S/C32H33O4P/c33-32(24-14-5-15-25-32)37(34,35-30(26-16-6-1-7-17-26)27-18-8-2-9-19-27)36-31(28-20-10-3-11-21-28)29-22-12-4-13-23-29/h1-4,6-13,16-23,30-31,33H,5,14-15,24-25H2. The summed E-state index contributed by atoms with van der Waals surface area (Å²) in [5.74, 6) is 0. The van der Waals surface area contributed by atoms with Crippen LogP contribution >= 0.6 is 7.60 Å². The molecular weight excluding hydrogens is 479 g/mol. The van der Waals surface area contributed by atoms with Crippen LogP contribution in [-0.2, 0) is 13.6 Å². The summed E-state index contributed by atoms with van der Waals surface area (Å²) in [4.78, 5) is 0. The summed E-state index contributed by atoms with van der Waals surface area (Å²) in [5, 5.41) is 10.4. The van der Waals surface area contributed by atoms with E-state index in [2.05, 4.69) is 0 Å². The maximum Gasteiger partial charge on any atom is 0.363 e. The smallest absolute Gasteiger partial charge is 0.363 e. The molecule has 0 radical (unpaired) electrons. The predicted molar refractivity (Wildman–Crippen MR) is 147 cm³/mol. The first-order valence-corrected chi connectivity index (χ1v) is 14.5. The normalized spacial score (nSPS) is 15.6. The number of aliphatic hydroxyl groups is 1. The predicted octanol–water partition coefficient (Wildman–Crippen LogP) is 8.44. The fourth-order valence-electron chi connectivity index (χ4n) is 5.03. The van der Waals surface area contributed by atoms with Gasteiger partial charge in [-0.3, -0.25) is 13.6 Å². The van der Waals surface area contributed by atoms with Crippen molar-refractivity contribution in [3.63, 3.8) is 0 Å². The lowest BCUT2D eigenvalue weighted by atomic mass is 9.97. The third-order valence-corrected chi connectivity index (χ3v) is 9.51. The van der Waals surface area contributed by atoms with Crippen LogP contribution in [0.4, 0.5) is 0 Å². The Labute approximate surface area is 219 Å². The summed E-state index contributed by atoms with van der Waals surface area (Å²) in [6, 6.07) is 38.9. The molecule has 1 aliphatic rings. The lowest BCUT2D eigenvalue weighted by Crippen LogP contribution is -2.34. The van der Waals surface area contributed by atoms with E-state index >= 15 is 4.57 Å². The van der Waals surface area contributed by atoms with E-state index < -0.39 is 25.1 Å². The van der Waals surface area contributed by atoms with Crippen LogP contribution in [0, 0.1) is 0 Å². The molecule has 4 nitrogen and oxygen atoms in total. The molecule has 1 fully saturated rings. The molecule has 0 aromatic heterocycles. The van der Waals surface area contributed by atoms with Crippen molar-refractivity contribution in [2.75, 3.05) is 0 Å². The van der Waals surface area contributed by atoms with Crippen molar-refractivity contribution in [1.29, 1.82) is 0 Å². The minimum Gasteiger partial charge on any atom is -0.377 e. The quantitative estimate of drug-likeness (QED) is 0.229. The van der Waals surface area contributed by atoms with Gasteiger partial charge in [0.25, 0.3) is 0 Å². The Morgan fingerprint density at radius 2 is 0.838 bits per heavy atom. The Kier molecular flexibility index (Phi) is 8.02. The molecule has 0 bridgehead atoms. The Hall–Kier alpha value is -3.01. The summed E-state index contributed by atoms with van der Waals surface area (Å²) in [5.41, 5.74) is 3.42. The van der Waals surface area contributed by atoms with E-state index in [9.17, 15) is 5.11 Å². The van der Waals surface area contributed by atoms with Gasteiger partial charge in [-0.05, 0) is 47.9 Å². The van der Waals surface area contributed by atoms with E-state index in [-0.39, 0.29) is 0 Å². The Bertz CT molecular complexity index is 1120. The first-order chi connectivity index (χ1) is 18.1. The van der Waals surface area contributed by atoms with E-state index in [1.54, 1.807) is 0 Å². The van der Waals surface area contributed by atoms with E-state index in [1.165, 1.54) is 0 Å². The molecule has 1 saturated carbocycles. The van der Waals surface area contributed by atoms with Crippen LogP contribution in [0.5, 0.6) is 0 Å². The lowest BCUT2D eigenvalue weighted by Gasteiger charge is -2.40. The summed E-state index contributed by atoms with van der Waals surface area (Å²) in [6.45, 7) is 0. The zero-order valence-electron chi connectivity index (χ0n) is 20.9. The first kappa shape index (κ1) is 25.6. The third-order valence-electron chi connectivity index (χ3n) is 7.06. The summed E-state index contributed by atoms with van der Waals surface area (Å²) >= 11 is 0. The summed E-state index contributed by atoms with van der Waals surface area (Å²) < 4.78 is 28.3. The first-order valence-electron chi connectivity index (χ1n) is 13.0. The molecule has 4 aromatic rings. The summed E-state index contributed by atoms with van der Waals surface area (Å²) in [6.07, 6.45) is 1.96. The molecule has 0 heterocycles. The second-order valence-corrected chi connectivity index (χ2v) is 11.9. The molecule has 5 rings (SSSR count). The van der Waals surface area contributed by atoms with Gasteiger partial charge < -0.3 is 5.11 Å². The Morgan fingerprint density at radius 3 is 1.14 bits per heavy atom. The second-order valence-electron chi connectivity index (χ2n) is 9.65. The average Bonchev–Trinajstić information content (AvgIpc) is 2.97. The van der Waals surface area contributed by atoms with Gasteiger partial charge in [0, 0.05) is 0 Å². The molecule has 1 aliphatic carbocycles. The number of rotatable bonds is 9. The van der Waals surface area contributed by atoms with Gasteiger partial charge >= 0.3 is 7.60 Å². The van der Waals surface area contributed by atoms with Gasteiger partial charge in [0.05, 0.1) is 0 Å². The van der Waals surface area contributed by atoms with E-state index in [1.807, 2.05) is 121 Å². The van der Waals surface area contributed by atoms with Crippen molar-refractivity contribution in [1.82, 2.24) is 0 Å². The van der Waals surface area contributed by atoms with Crippen molar-refractivity contribution >= 4 is 7.60 Å². The minimum absolute atomic E-state index is 0.372. The van der Waals surface area contributed by atoms with Gasteiger partial charge in [-0.15, -0.1) is 0 Å². The molecule has 4 aromatic carbocycles. The minimum atomic E-state index is -4.13. The fourth-order valence-corrected chi connectivity index (χ4v) is 7.38. The molecule has 1 N–H and O–H groups in total. The van der Waals surface area contributed by atoms with Crippen LogP contribution in [0.25, 0.3) is 0 Å². The molecule has 0 saturated heterocycles. The molecule has 5 heteroatoms. The van der Waals surface area contributed by atoms with Crippen LogP contribution in [-0.4, -0.2) is 10.4 Å². The van der Waals surface area contributed by atoms with E-state index in [0.717, 1.165) is 41.5 Å². The molecule has 190 valence electrons. The summed E-state index contributed by atoms with van der Waals surface area (Å²) in [7, 11) is -4.13. The Balaban J connectivity index is 1.61. The molecule has 0 aliphatic heterocycles. The third kappa shape index (κ3) is 5.79. The highest BCUT2D eigenvalue weighted by atomic mass is 31.2.